The number of aliphatic hydroxyl groups excluding tert-OH is 1. The summed E-state index contributed by atoms with van der Waals surface area (Å²) in [6, 6.07) is 6.69. The summed E-state index contributed by atoms with van der Waals surface area (Å²) in [5.74, 6) is 0.512. The minimum atomic E-state index is -3.50. The van der Waals surface area contributed by atoms with Crippen LogP contribution in [-0.4, -0.2) is 43.4 Å². The second kappa shape index (κ2) is 7.09. The zero-order valence-corrected chi connectivity index (χ0v) is 11.9. The van der Waals surface area contributed by atoms with E-state index in [-0.39, 0.29) is 18.0 Å². The Balaban J connectivity index is 2.97. The van der Waals surface area contributed by atoms with Gasteiger partial charge in [-0.3, -0.25) is 0 Å². The van der Waals surface area contributed by atoms with Crippen LogP contribution in [0.5, 0.6) is 0 Å². The first-order valence-corrected chi connectivity index (χ1v) is 7.79. The number of hydrogen-bond donors (Lipinski definition) is 1. The first-order chi connectivity index (χ1) is 8.56. The molecule has 0 saturated carbocycles. The van der Waals surface area contributed by atoms with Gasteiger partial charge in [0.25, 0.3) is 0 Å². The molecule has 0 unspecified atom stereocenters. The smallest absolute Gasteiger partial charge is 0.243 e. The van der Waals surface area contributed by atoms with Crippen LogP contribution in [0.1, 0.15) is 12.5 Å². The Labute approximate surface area is 113 Å². The van der Waals surface area contributed by atoms with Crippen LogP contribution in [0.25, 0.3) is 0 Å². The van der Waals surface area contributed by atoms with Crippen molar-refractivity contribution in [2.75, 3.05) is 25.6 Å². The predicted octanol–water partition coefficient (Wildman–Crippen LogP) is 1.47. The highest BCUT2D eigenvalue weighted by atomic mass is 35.5. The summed E-state index contributed by atoms with van der Waals surface area (Å²) in [6.45, 7) is 2.01. The van der Waals surface area contributed by atoms with Gasteiger partial charge >= 0.3 is 0 Å². The fraction of sp³-hybridized carbons (Fsp3) is 0.500. The maximum absolute atomic E-state index is 12.2. The largest absolute Gasteiger partial charge is 0.395 e. The molecule has 0 saturated heterocycles. The van der Waals surface area contributed by atoms with Crippen molar-refractivity contribution < 1.29 is 13.5 Å². The summed E-state index contributed by atoms with van der Waals surface area (Å²) < 4.78 is 25.7. The first kappa shape index (κ1) is 15.4. The van der Waals surface area contributed by atoms with E-state index in [4.69, 9.17) is 16.7 Å². The molecular formula is C12H18ClNO3S. The molecule has 102 valence electrons. The van der Waals surface area contributed by atoms with Crippen molar-refractivity contribution in [2.24, 2.45) is 0 Å². The summed E-state index contributed by atoms with van der Waals surface area (Å²) in [4.78, 5) is 0.246. The molecule has 0 spiro atoms. The van der Waals surface area contributed by atoms with Gasteiger partial charge in [-0.05, 0) is 24.1 Å². The summed E-state index contributed by atoms with van der Waals surface area (Å²) in [5, 5.41) is 8.87. The Kier molecular flexibility index (Phi) is 6.08. The molecule has 0 aromatic heterocycles. The molecular weight excluding hydrogens is 274 g/mol. The third-order valence-corrected chi connectivity index (χ3v) is 4.82. The number of aryl methyl sites for hydroxylation is 1. The molecule has 0 aliphatic rings. The van der Waals surface area contributed by atoms with Gasteiger partial charge in [-0.1, -0.05) is 19.1 Å². The molecule has 0 fully saturated rings. The monoisotopic (exact) mass is 291 g/mol. The van der Waals surface area contributed by atoms with Gasteiger partial charge in [0.05, 0.1) is 11.5 Å². The van der Waals surface area contributed by atoms with E-state index in [9.17, 15) is 8.42 Å². The van der Waals surface area contributed by atoms with Gasteiger partial charge in [-0.25, -0.2) is 8.42 Å². The average Bonchev–Trinajstić information content (AvgIpc) is 2.36. The lowest BCUT2D eigenvalue weighted by molar-refractivity contribution is 0.257. The van der Waals surface area contributed by atoms with Crippen molar-refractivity contribution >= 4 is 21.6 Å². The molecule has 0 aliphatic carbocycles. The lowest BCUT2D eigenvalue weighted by atomic mass is 10.2. The van der Waals surface area contributed by atoms with Crippen molar-refractivity contribution in [1.29, 1.82) is 0 Å². The highest BCUT2D eigenvalue weighted by Crippen LogP contribution is 2.16. The molecule has 0 radical (unpaired) electrons. The number of halogens is 1. The molecule has 0 aliphatic heterocycles. The fourth-order valence-electron chi connectivity index (χ4n) is 1.65. The van der Waals surface area contributed by atoms with E-state index >= 15 is 0 Å². The van der Waals surface area contributed by atoms with E-state index in [1.807, 2.05) is 0 Å². The number of nitrogens with zero attached hydrogens (tertiary/aromatic N) is 1. The summed E-state index contributed by atoms with van der Waals surface area (Å²) in [7, 11) is -3.50. The average molecular weight is 292 g/mol. The van der Waals surface area contributed by atoms with Crippen molar-refractivity contribution in [3.8, 4) is 0 Å². The van der Waals surface area contributed by atoms with Gasteiger partial charge in [-0.2, -0.15) is 4.31 Å². The highest BCUT2D eigenvalue weighted by molar-refractivity contribution is 7.89. The second-order valence-electron chi connectivity index (χ2n) is 3.80. The zero-order valence-electron chi connectivity index (χ0n) is 10.3. The molecule has 1 aromatic carbocycles. The van der Waals surface area contributed by atoms with Crippen LogP contribution in [0.3, 0.4) is 0 Å². The summed E-state index contributed by atoms with van der Waals surface area (Å²) in [5.41, 5.74) is 1.01. The van der Waals surface area contributed by atoms with E-state index < -0.39 is 10.0 Å². The van der Waals surface area contributed by atoms with E-state index in [0.29, 0.717) is 12.4 Å². The standard InChI is InChI=1S/C12H18ClNO3S/c1-2-14(9-10-15)18(16,17)12-5-3-11(4-6-12)7-8-13/h3-6,15H,2,7-10H2,1H3. The number of hydrogen-bond acceptors (Lipinski definition) is 3. The number of likely N-dealkylation sites (N-methyl/N-ethyl adjacent to an activating group) is 1. The van der Waals surface area contributed by atoms with Crippen LogP contribution in [0, 0.1) is 0 Å². The number of benzene rings is 1. The van der Waals surface area contributed by atoms with Crippen LogP contribution in [0.4, 0.5) is 0 Å². The van der Waals surface area contributed by atoms with Crippen molar-refractivity contribution in [3.05, 3.63) is 29.8 Å². The molecule has 0 heterocycles. The predicted molar refractivity (Wildman–Crippen MR) is 72.4 cm³/mol. The lowest BCUT2D eigenvalue weighted by Crippen LogP contribution is -2.33. The van der Waals surface area contributed by atoms with E-state index in [0.717, 1.165) is 12.0 Å². The van der Waals surface area contributed by atoms with Gasteiger partial charge in [-0.15, -0.1) is 11.6 Å². The topological polar surface area (TPSA) is 57.6 Å². The van der Waals surface area contributed by atoms with Crippen molar-refractivity contribution in [3.63, 3.8) is 0 Å². The Morgan fingerprint density at radius 3 is 2.33 bits per heavy atom. The van der Waals surface area contributed by atoms with E-state index in [2.05, 4.69) is 0 Å². The number of aliphatic hydroxyl groups is 1. The van der Waals surface area contributed by atoms with Gasteiger partial charge in [0, 0.05) is 19.0 Å². The zero-order chi connectivity index (χ0) is 13.6. The molecule has 1 aromatic rings. The second-order valence-corrected chi connectivity index (χ2v) is 6.12. The molecule has 1 N–H and O–H groups in total. The number of sulfonamides is 1. The number of rotatable bonds is 7. The van der Waals surface area contributed by atoms with Gasteiger partial charge in [0.15, 0.2) is 0 Å². The minimum absolute atomic E-state index is 0.113. The minimum Gasteiger partial charge on any atom is -0.395 e. The summed E-state index contributed by atoms with van der Waals surface area (Å²) in [6.07, 6.45) is 0.718. The van der Waals surface area contributed by atoms with Crippen LogP contribution in [0.15, 0.2) is 29.2 Å². The molecule has 0 atom stereocenters. The third-order valence-electron chi connectivity index (χ3n) is 2.65. The SMILES string of the molecule is CCN(CCO)S(=O)(=O)c1ccc(CCCl)cc1. The Bertz CT molecular complexity index is 459. The van der Waals surface area contributed by atoms with Crippen LogP contribution < -0.4 is 0 Å². The third kappa shape index (κ3) is 3.68. The molecule has 0 amide bonds. The molecule has 4 nitrogen and oxygen atoms in total. The Hall–Kier alpha value is -0.620. The first-order valence-electron chi connectivity index (χ1n) is 5.82. The highest BCUT2D eigenvalue weighted by Gasteiger charge is 2.22. The quantitative estimate of drug-likeness (QED) is 0.774. The molecule has 0 bridgehead atoms. The summed E-state index contributed by atoms with van der Waals surface area (Å²) >= 11 is 5.63. The maximum Gasteiger partial charge on any atom is 0.243 e. The molecule has 6 heteroatoms. The van der Waals surface area contributed by atoms with Crippen LogP contribution in [-0.2, 0) is 16.4 Å². The van der Waals surface area contributed by atoms with Crippen molar-refractivity contribution in [1.82, 2.24) is 4.31 Å². The molecule has 18 heavy (non-hydrogen) atoms. The van der Waals surface area contributed by atoms with Gasteiger partial charge in [0.2, 0.25) is 10.0 Å². The Morgan fingerprint density at radius 1 is 1.28 bits per heavy atom. The fourth-order valence-corrected chi connectivity index (χ4v) is 3.30. The van der Waals surface area contributed by atoms with Crippen LogP contribution in [0.2, 0.25) is 0 Å². The van der Waals surface area contributed by atoms with Crippen molar-refractivity contribution in [2.45, 2.75) is 18.2 Å². The van der Waals surface area contributed by atoms with Gasteiger partial charge in [0.1, 0.15) is 0 Å². The van der Waals surface area contributed by atoms with Crippen LogP contribution >= 0.6 is 11.6 Å². The van der Waals surface area contributed by atoms with Gasteiger partial charge < -0.3 is 5.11 Å². The molecule has 1 rings (SSSR count). The Morgan fingerprint density at radius 2 is 1.89 bits per heavy atom. The number of alkyl halides is 1. The van der Waals surface area contributed by atoms with E-state index in [1.165, 1.54) is 4.31 Å². The van der Waals surface area contributed by atoms with E-state index in [1.54, 1.807) is 31.2 Å². The lowest BCUT2D eigenvalue weighted by Gasteiger charge is -2.19. The maximum atomic E-state index is 12.2. The normalized spacial score (nSPS) is 12.0.